The molecule has 0 aliphatic carbocycles. The standard InChI is InChI=1S/C33H30F3N3O6S/c1-17-28(37-18(2)45-17)32(41)39-26-6-5-7-27(40)29(26)38-25-14-33(3,4)16-46(42,43)31(25)30(39)22-11-10-21(13-24(22)36)44-15-19-8-9-20(34)12-23(19)35/h5-13,30,38,40H,14-16H2,1-4H3. The second kappa shape index (κ2) is 11.2. The Bertz CT molecular complexity index is 2040. The highest BCUT2D eigenvalue weighted by Gasteiger charge is 2.48. The van der Waals surface area contributed by atoms with E-state index in [1.165, 1.54) is 43.3 Å². The summed E-state index contributed by atoms with van der Waals surface area (Å²) in [4.78, 5) is 19.5. The number of aromatic hydroxyl groups is 1. The van der Waals surface area contributed by atoms with E-state index in [9.17, 15) is 27.1 Å². The van der Waals surface area contributed by atoms with Crippen molar-refractivity contribution < 1.29 is 40.6 Å². The third kappa shape index (κ3) is 5.59. The molecule has 0 radical (unpaired) electrons. The van der Waals surface area contributed by atoms with E-state index in [1.807, 2.05) is 0 Å². The molecule has 3 heterocycles. The first-order chi connectivity index (χ1) is 21.6. The number of fused-ring (bicyclic) bond motifs is 1. The van der Waals surface area contributed by atoms with Gasteiger partial charge in [0.15, 0.2) is 21.4 Å². The van der Waals surface area contributed by atoms with Crippen LogP contribution < -0.4 is 15.0 Å². The molecular weight excluding hydrogens is 623 g/mol. The number of carbonyl (C=O) groups excluding carboxylic acids is 1. The van der Waals surface area contributed by atoms with Crippen molar-refractivity contribution in [1.82, 2.24) is 4.98 Å². The molecule has 0 saturated carbocycles. The van der Waals surface area contributed by atoms with E-state index in [0.717, 1.165) is 17.0 Å². The summed E-state index contributed by atoms with van der Waals surface area (Å²) in [5.74, 6) is -3.48. The maximum Gasteiger partial charge on any atom is 0.281 e. The summed E-state index contributed by atoms with van der Waals surface area (Å²) >= 11 is 0. The molecule has 0 saturated heterocycles. The largest absolute Gasteiger partial charge is 0.506 e. The normalized spacial score (nSPS) is 18.3. The van der Waals surface area contributed by atoms with Crippen LogP contribution in [0.4, 0.5) is 24.5 Å². The van der Waals surface area contributed by atoms with Crippen LogP contribution in [0.25, 0.3) is 0 Å². The number of sulfone groups is 1. The molecule has 2 aliphatic rings. The number of aromatic nitrogens is 1. The van der Waals surface area contributed by atoms with Crippen molar-refractivity contribution in [2.24, 2.45) is 5.41 Å². The highest BCUT2D eigenvalue weighted by molar-refractivity contribution is 7.95. The summed E-state index contributed by atoms with van der Waals surface area (Å²) in [5.41, 5.74) is -0.625. The van der Waals surface area contributed by atoms with Gasteiger partial charge in [-0.15, -0.1) is 0 Å². The van der Waals surface area contributed by atoms with Crippen molar-refractivity contribution in [1.29, 1.82) is 0 Å². The molecule has 4 aromatic rings. The van der Waals surface area contributed by atoms with Crippen molar-refractivity contribution in [3.63, 3.8) is 0 Å². The topological polar surface area (TPSA) is 122 Å². The summed E-state index contributed by atoms with van der Waals surface area (Å²) < 4.78 is 83.2. The molecule has 6 rings (SSSR count). The van der Waals surface area contributed by atoms with Crippen LogP contribution in [0.5, 0.6) is 11.5 Å². The first-order valence-corrected chi connectivity index (χ1v) is 16.0. The number of benzene rings is 3. The number of hydrogen-bond donors (Lipinski definition) is 2. The third-order valence-electron chi connectivity index (χ3n) is 7.93. The number of halogens is 3. The van der Waals surface area contributed by atoms with Gasteiger partial charge in [-0.2, -0.15) is 0 Å². The van der Waals surface area contributed by atoms with Crippen LogP contribution in [0, 0.1) is 36.7 Å². The molecule has 0 bridgehead atoms. The number of phenolic OH excluding ortho intramolecular Hbond substituents is 1. The molecule has 0 spiro atoms. The number of anilines is 2. The molecular formula is C33H30F3N3O6S. The Kier molecular flexibility index (Phi) is 7.62. The first-order valence-electron chi connectivity index (χ1n) is 14.3. The summed E-state index contributed by atoms with van der Waals surface area (Å²) in [6.07, 6.45) is 0.210. The van der Waals surface area contributed by atoms with Crippen molar-refractivity contribution in [3.05, 3.63) is 111 Å². The van der Waals surface area contributed by atoms with Crippen molar-refractivity contribution in [2.45, 2.75) is 46.8 Å². The predicted molar refractivity (Wildman–Crippen MR) is 164 cm³/mol. The van der Waals surface area contributed by atoms with Crippen molar-refractivity contribution in [2.75, 3.05) is 16.0 Å². The van der Waals surface area contributed by atoms with Crippen molar-refractivity contribution >= 4 is 27.1 Å². The van der Waals surface area contributed by atoms with Gasteiger partial charge in [-0.25, -0.2) is 26.6 Å². The number of para-hydroxylation sites is 1. The summed E-state index contributed by atoms with van der Waals surface area (Å²) in [6, 6.07) is 9.50. The molecule has 3 aromatic carbocycles. The van der Waals surface area contributed by atoms with Gasteiger partial charge in [0.25, 0.3) is 5.91 Å². The van der Waals surface area contributed by atoms with E-state index in [-0.39, 0.29) is 80.7 Å². The number of allylic oxidation sites excluding steroid dienone is 1. The first kappa shape index (κ1) is 31.2. The minimum Gasteiger partial charge on any atom is -0.506 e. The van der Waals surface area contributed by atoms with Crippen LogP contribution >= 0.6 is 0 Å². The number of ether oxygens (including phenoxy) is 1. The maximum absolute atomic E-state index is 16.3. The Morgan fingerprint density at radius 3 is 2.54 bits per heavy atom. The number of aryl methyl sites for hydroxylation is 2. The fourth-order valence-corrected chi connectivity index (χ4v) is 8.43. The lowest BCUT2D eigenvalue weighted by Crippen LogP contribution is -2.41. The van der Waals surface area contributed by atoms with Gasteiger partial charge in [-0.1, -0.05) is 19.9 Å². The Hall–Kier alpha value is -4.78. The Balaban J connectivity index is 1.54. The summed E-state index contributed by atoms with van der Waals surface area (Å²) in [5, 5.41) is 14.0. The van der Waals surface area contributed by atoms with Crippen LogP contribution in [0.1, 0.15) is 59.6 Å². The van der Waals surface area contributed by atoms with Crippen LogP contribution in [0.3, 0.4) is 0 Å². The zero-order valence-electron chi connectivity index (χ0n) is 25.3. The quantitative estimate of drug-likeness (QED) is 0.224. The van der Waals surface area contributed by atoms with E-state index >= 15 is 4.39 Å². The lowest BCUT2D eigenvalue weighted by atomic mass is 9.88. The molecule has 9 nitrogen and oxygen atoms in total. The third-order valence-corrected chi connectivity index (χ3v) is 10.2. The van der Waals surface area contributed by atoms with Gasteiger partial charge in [0.1, 0.15) is 53.0 Å². The second-order valence-corrected chi connectivity index (χ2v) is 14.1. The van der Waals surface area contributed by atoms with Gasteiger partial charge in [-0.05, 0) is 55.2 Å². The van der Waals surface area contributed by atoms with Gasteiger partial charge in [0, 0.05) is 35.9 Å². The number of amides is 1. The summed E-state index contributed by atoms with van der Waals surface area (Å²) in [6.45, 7) is 6.31. The van der Waals surface area contributed by atoms with Gasteiger partial charge >= 0.3 is 0 Å². The molecule has 46 heavy (non-hydrogen) atoms. The van der Waals surface area contributed by atoms with E-state index in [0.29, 0.717) is 6.07 Å². The van der Waals surface area contributed by atoms with Crippen LogP contribution in [0.15, 0.2) is 69.6 Å². The Morgan fingerprint density at radius 2 is 1.87 bits per heavy atom. The average molecular weight is 654 g/mol. The molecule has 1 aromatic heterocycles. The van der Waals surface area contributed by atoms with Crippen molar-refractivity contribution in [3.8, 4) is 11.5 Å². The number of phenols is 1. The number of oxazole rings is 1. The Labute approximate surface area is 263 Å². The van der Waals surface area contributed by atoms with Gasteiger partial charge in [-0.3, -0.25) is 9.69 Å². The number of nitrogens with one attached hydrogen (secondary N) is 1. The lowest BCUT2D eigenvalue weighted by molar-refractivity contribution is 0.0974. The maximum atomic E-state index is 16.3. The highest BCUT2D eigenvalue weighted by Crippen LogP contribution is 2.52. The number of hydrogen-bond acceptors (Lipinski definition) is 8. The minimum absolute atomic E-state index is 0.0162. The van der Waals surface area contributed by atoms with Gasteiger partial charge < -0.3 is 19.6 Å². The smallest absolute Gasteiger partial charge is 0.281 e. The number of carbonyl (C=O) groups is 1. The van der Waals surface area contributed by atoms with E-state index in [2.05, 4.69) is 10.3 Å². The van der Waals surface area contributed by atoms with Crippen LogP contribution in [-0.2, 0) is 16.4 Å². The molecule has 13 heteroatoms. The minimum atomic E-state index is -4.15. The SMILES string of the molecule is Cc1nc(C(=O)N2c3cccc(O)c3NC3=C(C2c2ccc(OCc4ccc(F)cc4F)cc2F)S(=O)(=O)CC(C)(C)C3)c(C)o1. The predicted octanol–water partition coefficient (Wildman–Crippen LogP) is 6.86. The lowest BCUT2D eigenvalue weighted by Gasteiger charge is -2.37. The fourth-order valence-electron chi connectivity index (χ4n) is 6.07. The number of rotatable bonds is 5. The van der Waals surface area contributed by atoms with Crippen LogP contribution in [-0.4, -0.2) is 30.2 Å². The van der Waals surface area contributed by atoms with Gasteiger partial charge in [0.05, 0.1) is 16.3 Å². The molecule has 1 unspecified atom stereocenters. The zero-order chi connectivity index (χ0) is 33.1. The number of nitrogens with zero attached hydrogens (tertiary/aromatic N) is 2. The molecule has 1 atom stereocenters. The van der Waals surface area contributed by atoms with E-state index < -0.39 is 44.7 Å². The fraction of sp³-hybridized carbons (Fsp3) is 0.273. The van der Waals surface area contributed by atoms with Crippen LogP contribution in [0.2, 0.25) is 0 Å². The van der Waals surface area contributed by atoms with E-state index in [1.54, 1.807) is 20.8 Å². The molecule has 2 N–H and O–H groups in total. The second-order valence-electron chi connectivity index (χ2n) is 12.2. The highest BCUT2D eigenvalue weighted by atomic mass is 32.2. The molecule has 240 valence electrons. The summed E-state index contributed by atoms with van der Waals surface area (Å²) in [7, 11) is -4.15. The van der Waals surface area contributed by atoms with E-state index in [4.69, 9.17) is 9.15 Å². The average Bonchev–Trinajstić information content (AvgIpc) is 3.21. The molecule has 1 amide bonds. The Morgan fingerprint density at radius 1 is 1.11 bits per heavy atom. The molecule has 0 fully saturated rings. The van der Waals surface area contributed by atoms with Gasteiger partial charge in [0.2, 0.25) is 0 Å². The zero-order valence-corrected chi connectivity index (χ0v) is 26.1. The molecule has 2 aliphatic heterocycles. The monoisotopic (exact) mass is 653 g/mol.